The second-order valence-corrected chi connectivity index (χ2v) is 12.1. The summed E-state index contributed by atoms with van der Waals surface area (Å²) in [6.45, 7) is 7.08. The van der Waals surface area contributed by atoms with Crippen LogP contribution in [0.25, 0.3) is 0 Å². The summed E-state index contributed by atoms with van der Waals surface area (Å²) in [7, 11) is -0.926. The number of halogens is 3. The highest BCUT2D eigenvalue weighted by Gasteiger charge is 2.37. The van der Waals surface area contributed by atoms with Gasteiger partial charge in [0.15, 0.2) is 0 Å². The number of nitrogens with zero attached hydrogens (tertiary/aromatic N) is 2. The highest BCUT2D eigenvalue weighted by Crippen LogP contribution is 2.53. The fourth-order valence-corrected chi connectivity index (χ4v) is 8.57. The predicted molar refractivity (Wildman–Crippen MR) is 153 cm³/mol. The molecule has 1 atom stereocenters. The molecule has 1 fully saturated rings. The molecule has 1 unspecified atom stereocenters. The van der Waals surface area contributed by atoms with Gasteiger partial charge in [-0.15, -0.1) is 0 Å². The topological polar surface area (TPSA) is 6.48 Å². The first-order chi connectivity index (χ1) is 18.3. The summed E-state index contributed by atoms with van der Waals surface area (Å²) >= 11 is 0. The van der Waals surface area contributed by atoms with Crippen LogP contribution >= 0.6 is 7.92 Å². The number of hydrogen-bond donors (Lipinski definition) is 0. The fraction of sp³-hybridized carbons (Fsp3) is 0.250. The van der Waals surface area contributed by atoms with Gasteiger partial charge in [-0.05, 0) is 73.3 Å². The first kappa shape index (κ1) is 26.5. The van der Waals surface area contributed by atoms with Crippen molar-refractivity contribution in [2.45, 2.75) is 25.8 Å². The summed E-state index contributed by atoms with van der Waals surface area (Å²) in [6.07, 6.45) is -4.37. The Labute approximate surface area is 224 Å². The Morgan fingerprint density at radius 3 is 1.55 bits per heavy atom. The van der Waals surface area contributed by atoms with Crippen LogP contribution in [0, 0.1) is 13.8 Å². The van der Waals surface area contributed by atoms with Crippen LogP contribution in [0.1, 0.15) is 28.0 Å². The number of benzene rings is 4. The fourth-order valence-electron chi connectivity index (χ4n) is 5.49. The van der Waals surface area contributed by atoms with Crippen LogP contribution in [-0.2, 0) is 6.18 Å². The Morgan fingerprint density at radius 1 is 0.658 bits per heavy atom. The number of anilines is 1. The Hall–Kier alpha value is -3.14. The van der Waals surface area contributed by atoms with E-state index in [1.54, 1.807) is 0 Å². The molecule has 0 spiro atoms. The van der Waals surface area contributed by atoms with Crippen LogP contribution in [0.5, 0.6) is 0 Å². The van der Waals surface area contributed by atoms with Crippen LogP contribution in [0.2, 0.25) is 0 Å². The largest absolute Gasteiger partial charge is 0.416 e. The lowest BCUT2D eigenvalue weighted by atomic mass is 9.98. The van der Waals surface area contributed by atoms with Crippen molar-refractivity contribution in [3.05, 3.63) is 125 Å². The third-order valence-electron chi connectivity index (χ3n) is 7.27. The van der Waals surface area contributed by atoms with Crippen molar-refractivity contribution in [3.63, 3.8) is 0 Å². The van der Waals surface area contributed by atoms with Gasteiger partial charge in [0.1, 0.15) is 0 Å². The van der Waals surface area contributed by atoms with Crippen LogP contribution in [0.15, 0.2) is 103 Å². The molecule has 0 aliphatic carbocycles. The summed E-state index contributed by atoms with van der Waals surface area (Å²) < 4.78 is 41.1. The van der Waals surface area contributed by atoms with Crippen molar-refractivity contribution < 1.29 is 13.2 Å². The van der Waals surface area contributed by atoms with E-state index < -0.39 is 19.7 Å². The summed E-state index contributed by atoms with van der Waals surface area (Å²) in [5.74, 6) is -0.0463. The smallest absolute Gasteiger partial charge is 0.369 e. The highest BCUT2D eigenvalue weighted by atomic mass is 31.1. The molecule has 4 aromatic rings. The lowest BCUT2D eigenvalue weighted by molar-refractivity contribution is -0.137. The molecule has 2 nitrogen and oxygen atoms in total. The molecule has 1 aliphatic rings. The van der Waals surface area contributed by atoms with Crippen molar-refractivity contribution in [2.75, 3.05) is 31.1 Å². The standard InChI is InChI=1S/C32H32F3N2P/c1-24-22-26(32(33,34)35)23-25(2)30(24)31(37-20-18-36(19-21-37)27-12-6-3-7-13-27)38(28-14-8-4-9-15-28)29-16-10-5-11-17-29/h3-17,22-23,31H,18-21H2,1-2H3. The molecule has 38 heavy (non-hydrogen) atoms. The van der Waals surface area contributed by atoms with Crippen molar-refractivity contribution in [3.8, 4) is 0 Å². The van der Waals surface area contributed by atoms with E-state index >= 15 is 0 Å². The minimum Gasteiger partial charge on any atom is -0.369 e. The summed E-state index contributed by atoms with van der Waals surface area (Å²) in [5.41, 5.74) is 3.05. The quantitative estimate of drug-likeness (QED) is 0.241. The molecular weight excluding hydrogens is 500 g/mol. The molecule has 5 rings (SSSR count). The van der Waals surface area contributed by atoms with Gasteiger partial charge in [-0.3, -0.25) is 4.90 Å². The second-order valence-electron chi connectivity index (χ2n) is 9.79. The summed E-state index contributed by atoms with van der Waals surface area (Å²) in [6, 6.07) is 34.0. The van der Waals surface area contributed by atoms with Crippen molar-refractivity contribution in [2.24, 2.45) is 0 Å². The Kier molecular flexibility index (Phi) is 7.88. The van der Waals surface area contributed by atoms with Crippen molar-refractivity contribution in [1.29, 1.82) is 0 Å². The maximum absolute atomic E-state index is 13.7. The van der Waals surface area contributed by atoms with E-state index in [-0.39, 0.29) is 5.78 Å². The maximum atomic E-state index is 13.7. The number of rotatable bonds is 6. The first-order valence-corrected chi connectivity index (χ1v) is 14.4. The number of hydrogen-bond acceptors (Lipinski definition) is 2. The number of piperazine rings is 1. The molecule has 0 saturated carbocycles. The average molecular weight is 533 g/mol. The molecule has 1 saturated heterocycles. The molecule has 1 heterocycles. The molecular formula is C32H32F3N2P. The van der Waals surface area contributed by atoms with E-state index in [4.69, 9.17) is 0 Å². The number of alkyl halides is 3. The molecule has 196 valence electrons. The molecule has 0 bridgehead atoms. The lowest BCUT2D eigenvalue weighted by Crippen LogP contribution is -2.48. The Morgan fingerprint density at radius 2 is 1.11 bits per heavy atom. The van der Waals surface area contributed by atoms with E-state index in [2.05, 4.69) is 82.6 Å². The average Bonchev–Trinajstić information content (AvgIpc) is 2.93. The monoisotopic (exact) mass is 532 g/mol. The van der Waals surface area contributed by atoms with E-state index in [1.807, 2.05) is 32.0 Å². The van der Waals surface area contributed by atoms with Gasteiger partial charge in [0.05, 0.1) is 11.3 Å². The minimum absolute atomic E-state index is 0.0463. The third kappa shape index (κ3) is 5.65. The van der Waals surface area contributed by atoms with Gasteiger partial charge < -0.3 is 4.90 Å². The van der Waals surface area contributed by atoms with Gasteiger partial charge in [-0.2, -0.15) is 13.2 Å². The van der Waals surface area contributed by atoms with Gasteiger partial charge in [-0.1, -0.05) is 78.9 Å². The molecule has 4 aromatic carbocycles. The van der Waals surface area contributed by atoms with E-state index in [0.717, 1.165) is 31.7 Å². The minimum atomic E-state index is -4.37. The maximum Gasteiger partial charge on any atom is 0.416 e. The van der Waals surface area contributed by atoms with Crippen molar-refractivity contribution in [1.82, 2.24) is 4.90 Å². The van der Waals surface area contributed by atoms with Crippen LogP contribution in [0.3, 0.4) is 0 Å². The molecule has 0 aromatic heterocycles. The van der Waals surface area contributed by atoms with Crippen molar-refractivity contribution >= 4 is 24.2 Å². The number of para-hydroxylation sites is 1. The lowest BCUT2D eigenvalue weighted by Gasteiger charge is -2.44. The zero-order chi connectivity index (χ0) is 26.7. The third-order valence-corrected chi connectivity index (χ3v) is 10.1. The second kappa shape index (κ2) is 11.3. The zero-order valence-corrected chi connectivity index (χ0v) is 22.6. The zero-order valence-electron chi connectivity index (χ0n) is 21.7. The van der Waals surface area contributed by atoms with Crippen LogP contribution in [0.4, 0.5) is 18.9 Å². The van der Waals surface area contributed by atoms with Crippen LogP contribution in [-0.4, -0.2) is 31.1 Å². The van der Waals surface area contributed by atoms with E-state index in [9.17, 15) is 13.2 Å². The van der Waals surface area contributed by atoms with Gasteiger partial charge in [-0.25, -0.2) is 0 Å². The Balaban J connectivity index is 1.61. The first-order valence-electron chi connectivity index (χ1n) is 12.9. The van der Waals surface area contributed by atoms with E-state index in [1.165, 1.54) is 28.4 Å². The molecule has 6 heteroatoms. The molecule has 1 aliphatic heterocycles. The Bertz CT molecular complexity index is 1270. The normalized spacial score (nSPS) is 15.6. The van der Waals surface area contributed by atoms with Crippen LogP contribution < -0.4 is 15.5 Å². The molecule has 0 N–H and O–H groups in total. The van der Waals surface area contributed by atoms with Gasteiger partial charge in [0, 0.05) is 31.9 Å². The molecule has 0 amide bonds. The van der Waals surface area contributed by atoms with E-state index in [0.29, 0.717) is 11.1 Å². The highest BCUT2D eigenvalue weighted by molar-refractivity contribution is 7.73. The predicted octanol–water partition coefficient (Wildman–Crippen LogP) is 7.28. The van der Waals surface area contributed by atoms with Gasteiger partial charge in [0.25, 0.3) is 0 Å². The summed E-state index contributed by atoms with van der Waals surface area (Å²) in [5, 5.41) is 2.45. The molecule has 0 radical (unpaired) electrons. The number of aryl methyl sites for hydroxylation is 2. The SMILES string of the molecule is Cc1cc(C(F)(F)F)cc(C)c1C(N1CCN(c2ccccc2)CC1)P(c1ccccc1)c1ccccc1. The van der Waals surface area contributed by atoms with Gasteiger partial charge in [0.2, 0.25) is 0 Å². The van der Waals surface area contributed by atoms with Gasteiger partial charge >= 0.3 is 6.18 Å². The summed E-state index contributed by atoms with van der Waals surface area (Å²) in [4.78, 5) is 4.90.